The Morgan fingerprint density at radius 1 is 1.26 bits per heavy atom. The van der Waals surface area contributed by atoms with Gasteiger partial charge in [-0.1, -0.05) is 19.9 Å². The highest BCUT2D eigenvalue weighted by Gasteiger charge is 2.34. The van der Waals surface area contributed by atoms with Gasteiger partial charge in [0.2, 0.25) is 0 Å². The Balaban J connectivity index is 1.66. The van der Waals surface area contributed by atoms with Crippen LogP contribution >= 0.6 is 0 Å². The summed E-state index contributed by atoms with van der Waals surface area (Å²) in [5.74, 6) is 0.494. The van der Waals surface area contributed by atoms with Crippen molar-refractivity contribution in [3.05, 3.63) is 23.9 Å². The van der Waals surface area contributed by atoms with Crippen LogP contribution in [0.15, 0.2) is 18.3 Å². The van der Waals surface area contributed by atoms with Gasteiger partial charge in [0.05, 0.1) is 12.2 Å². The first-order valence-corrected chi connectivity index (χ1v) is 6.91. The van der Waals surface area contributed by atoms with Crippen molar-refractivity contribution in [2.75, 3.05) is 26.4 Å². The molecule has 2 saturated heterocycles. The number of pyridine rings is 1. The molecule has 2 aliphatic heterocycles. The summed E-state index contributed by atoms with van der Waals surface area (Å²) in [5, 5.41) is 0. The van der Waals surface area contributed by atoms with Gasteiger partial charge >= 0.3 is 7.12 Å². The second-order valence-corrected chi connectivity index (χ2v) is 6.20. The SMILES string of the molecule is CC1(C)COB(c2ccc(C3CCOC3)cn2)OC1. The monoisotopic (exact) mass is 261 g/mol. The molecule has 3 heterocycles. The summed E-state index contributed by atoms with van der Waals surface area (Å²) in [5.41, 5.74) is 2.20. The maximum absolute atomic E-state index is 5.74. The molecule has 2 aliphatic rings. The largest absolute Gasteiger partial charge is 0.513 e. The van der Waals surface area contributed by atoms with E-state index in [4.69, 9.17) is 14.0 Å². The lowest BCUT2D eigenvalue weighted by molar-refractivity contribution is 0.0339. The molecule has 3 rings (SSSR count). The highest BCUT2D eigenvalue weighted by molar-refractivity contribution is 6.60. The number of hydrogen-bond acceptors (Lipinski definition) is 4. The molecule has 1 aromatic rings. The van der Waals surface area contributed by atoms with Crippen LogP contribution in [0.1, 0.15) is 31.7 Å². The first kappa shape index (κ1) is 13.1. The minimum Gasteiger partial charge on any atom is -0.406 e. The van der Waals surface area contributed by atoms with Crippen LogP contribution in [0, 0.1) is 5.41 Å². The smallest absolute Gasteiger partial charge is 0.406 e. The van der Waals surface area contributed by atoms with Crippen molar-refractivity contribution >= 4 is 12.7 Å². The van der Waals surface area contributed by atoms with E-state index < -0.39 is 0 Å². The van der Waals surface area contributed by atoms with E-state index in [-0.39, 0.29) is 12.5 Å². The van der Waals surface area contributed by atoms with E-state index >= 15 is 0 Å². The van der Waals surface area contributed by atoms with Crippen molar-refractivity contribution in [1.29, 1.82) is 0 Å². The van der Waals surface area contributed by atoms with Crippen LogP contribution in [0.5, 0.6) is 0 Å². The molecule has 0 N–H and O–H groups in total. The molecule has 0 bridgehead atoms. The number of aromatic nitrogens is 1. The molecule has 102 valence electrons. The number of rotatable bonds is 2. The average Bonchev–Trinajstić information content (AvgIpc) is 2.93. The lowest BCUT2D eigenvalue weighted by Gasteiger charge is -2.32. The van der Waals surface area contributed by atoms with E-state index in [9.17, 15) is 0 Å². The molecule has 0 saturated carbocycles. The van der Waals surface area contributed by atoms with E-state index in [0.717, 1.165) is 25.2 Å². The first-order chi connectivity index (χ1) is 9.14. The molecule has 0 spiro atoms. The van der Waals surface area contributed by atoms with Gasteiger partial charge in [0.15, 0.2) is 0 Å². The molecule has 4 nitrogen and oxygen atoms in total. The third-order valence-corrected chi connectivity index (χ3v) is 3.70. The fourth-order valence-electron chi connectivity index (χ4n) is 2.46. The van der Waals surface area contributed by atoms with Crippen molar-refractivity contribution in [1.82, 2.24) is 4.98 Å². The number of ether oxygens (including phenoxy) is 1. The maximum Gasteiger partial charge on any atom is 0.513 e. The fourth-order valence-corrected chi connectivity index (χ4v) is 2.46. The Morgan fingerprint density at radius 2 is 2.05 bits per heavy atom. The van der Waals surface area contributed by atoms with Crippen molar-refractivity contribution in [3.63, 3.8) is 0 Å². The quantitative estimate of drug-likeness (QED) is 0.753. The Kier molecular flexibility index (Phi) is 3.61. The first-order valence-electron chi connectivity index (χ1n) is 6.91. The van der Waals surface area contributed by atoms with Crippen LogP contribution in [0.2, 0.25) is 0 Å². The van der Waals surface area contributed by atoms with Gasteiger partial charge in [-0.05, 0) is 18.1 Å². The summed E-state index contributed by atoms with van der Waals surface area (Å²) in [6.45, 7) is 7.36. The summed E-state index contributed by atoms with van der Waals surface area (Å²) in [4.78, 5) is 4.49. The van der Waals surface area contributed by atoms with Crippen LogP contribution in [0.4, 0.5) is 0 Å². The molecule has 0 aromatic carbocycles. The Bertz CT molecular complexity index is 419. The van der Waals surface area contributed by atoms with E-state index in [1.54, 1.807) is 0 Å². The van der Waals surface area contributed by atoms with E-state index in [0.29, 0.717) is 19.1 Å². The second-order valence-electron chi connectivity index (χ2n) is 6.20. The Hall–Kier alpha value is -0.905. The molecule has 0 radical (unpaired) electrons. The predicted octanol–water partition coefficient (Wildman–Crippen LogP) is 1.35. The van der Waals surface area contributed by atoms with Crippen molar-refractivity contribution in [2.24, 2.45) is 5.41 Å². The van der Waals surface area contributed by atoms with Gasteiger partial charge < -0.3 is 14.0 Å². The fraction of sp³-hybridized carbons (Fsp3) is 0.643. The Morgan fingerprint density at radius 3 is 2.63 bits per heavy atom. The molecule has 1 atom stereocenters. The zero-order chi connectivity index (χ0) is 13.3. The second kappa shape index (κ2) is 5.23. The lowest BCUT2D eigenvalue weighted by Crippen LogP contribution is -2.48. The maximum atomic E-state index is 5.74. The number of nitrogens with zero attached hydrogens (tertiary/aromatic N) is 1. The summed E-state index contributed by atoms with van der Waals surface area (Å²) in [6, 6.07) is 4.13. The van der Waals surface area contributed by atoms with Gasteiger partial charge in [-0.25, -0.2) is 0 Å². The minimum atomic E-state index is -0.318. The van der Waals surface area contributed by atoms with Crippen LogP contribution in [0.3, 0.4) is 0 Å². The topological polar surface area (TPSA) is 40.6 Å². The van der Waals surface area contributed by atoms with Crippen molar-refractivity contribution in [2.45, 2.75) is 26.2 Å². The van der Waals surface area contributed by atoms with E-state index in [1.807, 2.05) is 12.3 Å². The molecule has 1 aromatic heterocycles. The average molecular weight is 261 g/mol. The summed E-state index contributed by atoms with van der Waals surface area (Å²) < 4.78 is 16.9. The third-order valence-electron chi connectivity index (χ3n) is 3.70. The van der Waals surface area contributed by atoms with Crippen molar-refractivity contribution < 1.29 is 14.0 Å². The Labute approximate surface area is 114 Å². The standard InChI is InChI=1S/C14H20BNO3/c1-14(2)9-18-15(19-10-14)13-4-3-11(7-16-13)12-5-6-17-8-12/h3-4,7,12H,5-6,8-10H2,1-2H3. The summed E-state index contributed by atoms with van der Waals surface area (Å²) in [6.07, 6.45) is 3.02. The molecule has 19 heavy (non-hydrogen) atoms. The molecule has 5 heteroatoms. The number of hydrogen-bond donors (Lipinski definition) is 0. The predicted molar refractivity (Wildman–Crippen MR) is 73.5 cm³/mol. The van der Waals surface area contributed by atoms with Crippen LogP contribution in [-0.2, 0) is 14.0 Å². The minimum absolute atomic E-state index is 0.0949. The summed E-state index contributed by atoms with van der Waals surface area (Å²) >= 11 is 0. The van der Waals surface area contributed by atoms with Crippen LogP contribution < -0.4 is 5.59 Å². The van der Waals surface area contributed by atoms with Crippen molar-refractivity contribution in [3.8, 4) is 0 Å². The zero-order valence-electron chi connectivity index (χ0n) is 11.6. The van der Waals surface area contributed by atoms with Crippen LogP contribution in [-0.4, -0.2) is 38.5 Å². The normalized spacial score (nSPS) is 26.6. The summed E-state index contributed by atoms with van der Waals surface area (Å²) in [7, 11) is -0.318. The van der Waals surface area contributed by atoms with E-state index in [1.165, 1.54) is 5.56 Å². The zero-order valence-corrected chi connectivity index (χ0v) is 11.6. The molecule has 0 aliphatic carbocycles. The lowest BCUT2D eigenvalue weighted by atomic mass is 9.79. The van der Waals surface area contributed by atoms with Gasteiger partial charge in [0, 0.05) is 37.4 Å². The third kappa shape index (κ3) is 2.99. The van der Waals surface area contributed by atoms with Gasteiger partial charge in [-0.15, -0.1) is 0 Å². The molecule has 1 unspecified atom stereocenters. The van der Waals surface area contributed by atoms with Gasteiger partial charge in [-0.2, -0.15) is 0 Å². The van der Waals surface area contributed by atoms with Gasteiger partial charge in [0.25, 0.3) is 0 Å². The van der Waals surface area contributed by atoms with Gasteiger partial charge in [0.1, 0.15) is 0 Å². The molecule has 2 fully saturated rings. The molecular weight excluding hydrogens is 241 g/mol. The molecule has 0 amide bonds. The van der Waals surface area contributed by atoms with E-state index in [2.05, 4.69) is 24.9 Å². The van der Waals surface area contributed by atoms with Gasteiger partial charge in [-0.3, -0.25) is 4.98 Å². The highest BCUT2D eigenvalue weighted by atomic mass is 16.6. The highest BCUT2D eigenvalue weighted by Crippen LogP contribution is 2.24. The molecular formula is C14H20BNO3. The van der Waals surface area contributed by atoms with Crippen LogP contribution in [0.25, 0.3) is 0 Å².